The molecular formula is C15H22N4S. The van der Waals surface area contributed by atoms with E-state index in [9.17, 15) is 0 Å². The van der Waals surface area contributed by atoms with E-state index in [0.717, 1.165) is 13.1 Å². The van der Waals surface area contributed by atoms with Crippen LogP contribution in [-0.4, -0.2) is 53.4 Å². The maximum Gasteiger partial charge on any atom is 0.101 e. The van der Waals surface area contributed by atoms with Gasteiger partial charge in [-0.1, -0.05) is 0 Å². The summed E-state index contributed by atoms with van der Waals surface area (Å²) in [6, 6.07) is 6.71. The molecule has 1 aromatic carbocycles. The third kappa shape index (κ3) is 2.52. The van der Waals surface area contributed by atoms with Crippen LogP contribution in [0.25, 0.3) is 10.9 Å². The Morgan fingerprint density at radius 3 is 2.70 bits per heavy atom. The van der Waals surface area contributed by atoms with Gasteiger partial charge in [0.05, 0.1) is 11.7 Å². The summed E-state index contributed by atoms with van der Waals surface area (Å²) in [4.78, 5) is 4.66. The molecule has 1 unspecified atom stereocenters. The first-order valence-electron chi connectivity index (χ1n) is 7.13. The molecule has 2 aromatic rings. The van der Waals surface area contributed by atoms with Gasteiger partial charge in [0.25, 0.3) is 0 Å². The van der Waals surface area contributed by atoms with E-state index in [1.54, 1.807) is 0 Å². The van der Waals surface area contributed by atoms with Gasteiger partial charge in [-0.2, -0.15) is 16.9 Å². The van der Waals surface area contributed by atoms with Crippen LogP contribution >= 0.6 is 11.8 Å². The van der Waals surface area contributed by atoms with Gasteiger partial charge in [0.15, 0.2) is 0 Å². The average molecular weight is 290 g/mol. The van der Waals surface area contributed by atoms with Crippen LogP contribution in [0.15, 0.2) is 24.4 Å². The Hall–Kier alpha value is -1.20. The van der Waals surface area contributed by atoms with E-state index in [2.05, 4.69) is 58.8 Å². The van der Waals surface area contributed by atoms with E-state index in [0.29, 0.717) is 0 Å². The first-order valence-corrected chi connectivity index (χ1v) is 8.28. The smallest absolute Gasteiger partial charge is 0.101 e. The minimum atomic E-state index is 0.264. The first kappa shape index (κ1) is 13.8. The summed E-state index contributed by atoms with van der Waals surface area (Å²) in [5, 5.41) is 5.77. The molecule has 1 atom stereocenters. The minimum absolute atomic E-state index is 0.264. The number of rotatable bonds is 3. The molecule has 0 saturated carbocycles. The number of anilines is 1. The number of nitrogens with zero attached hydrogens (tertiary/aromatic N) is 4. The number of benzene rings is 1. The van der Waals surface area contributed by atoms with Crippen molar-refractivity contribution in [3.8, 4) is 0 Å². The van der Waals surface area contributed by atoms with Crippen molar-refractivity contribution in [2.45, 2.75) is 13.1 Å². The van der Waals surface area contributed by atoms with E-state index in [1.807, 2.05) is 18.0 Å². The predicted molar refractivity (Wildman–Crippen MR) is 87.7 cm³/mol. The fourth-order valence-electron chi connectivity index (χ4n) is 2.56. The second-order valence-corrected chi connectivity index (χ2v) is 6.75. The molecule has 1 saturated heterocycles. The lowest BCUT2D eigenvalue weighted by atomic mass is 10.2. The molecule has 0 spiro atoms. The molecule has 0 aliphatic carbocycles. The Balaban J connectivity index is 1.98. The third-order valence-corrected chi connectivity index (χ3v) is 5.00. The van der Waals surface area contributed by atoms with Crippen molar-refractivity contribution in [1.82, 2.24) is 14.7 Å². The first-order chi connectivity index (χ1) is 9.66. The van der Waals surface area contributed by atoms with Gasteiger partial charge in [0, 0.05) is 35.7 Å². The molecule has 1 aliphatic heterocycles. The SMILES string of the molecule is CC(N(C)C)n1ncc2ccc(N3CCSCC3)cc21. The minimum Gasteiger partial charge on any atom is -0.370 e. The van der Waals surface area contributed by atoms with Crippen LogP contribution in [0, 0.1) is 0 Å². The zero-order chi connectivity index (χ0) is 14.1. The highest BCUT2D eigenvalue weighted by molar-refractivity contribution is 7.99. The summed E-state index contributed by atoms with van der Waals surface area (Å²) in [6.45, 7) is 4.47. The fraction of sp³-hybridized carbons (Fsp3) is 0.533. The highest BCUT2D eigenvalue weighted by atomic mass is 32.2. The van der Waals surface area contributed by atoms with Gasteiger partial charge < -0.3 is 4.90 Å². The predicted octanol–water partition coefficient (Wildman–Crippen LogP) is 2.67. The Bertz CT molecular complexity index is 587. The van der Waals surface area contributed by atoms with E-state index < -0.39 is 0 Å². The van der Waals surface area contributed by atoms with Crippen molar-refractivity contribution >= 4 is 28.4 Å². The molecule has 1 aliphatic rings. The largest absolute Gasteiger partial charge is 0.370 e. The molecule has 3 rings (SSSR count). The van der Waals surface area contributed by atoms with Crippen LogP contribution in [0.1, 0.15) is 13.1 Å². The zero-order valence-electron chi connectivity index (χ0n) is 12.4. The van der Waals surface area contributed by atoms with Gasteiger partial charge >= 0.3 is 0 Å². The fourth-order valence-corrected chi connectivity index (χ4v) is 3.46. The Kier molecular flexibility index (Phi) is 3.89. The lowest BCUT2D eigenvalue weighted by Gasteiger charge is -2.29. The number of fused-ring (bicyclic) bond motifs is 1. The maximum atomic E-state index is 4.56. The standard InChI is InChI=1S/C15H22N4S/c1-12(17(2)3)19-15-10-14(5-4-13(15)11-16-19)18-6-8-20-9-7-18/h4-5,10-12H,6-9H2,1-3H3. The monoisotopic (exact) mass is 290 g/mol. The van der Waals surface area contributed by atoms with Crippen LogP contribution in [0.3, 0.4) is 0 Å². The summed E-state index contributed by atoms with van der Waals surface area (Å²) in [5.74, 6) is 2.46. The van der Waals surface area contributed by atoms with Crippen molar-refractivity contribution in [1.29, 1.82) is 0 Å². The molecule has 0 N–H and O–H groups in total. The molecular weight excluding hydrogens is 268 g/mol. The lowest BCUT2D eigenvalue weighted by Crippen LogP contribution is -2.32. The van der Waals surface area contributed by atoms with Crippen LogP contribution in [0.2, 0.25) is 0 Å². The lowest BCUT2D eigenvalue weighted by molar-refractivity contribution is 0.226. The summed E-state index contributed by atoms with van der Waals surface area (Å²) >= 11 is 2.04. The molecule has 4 nitrogen and oxygen atoms in total. The molecule has 2 heterocycles. The van der Waals surface area contributed by atoms with Crippen LogP contribution < -0.4 is 4.90 Å². The molecule has 1 fully saturated rings. The third-order valence-electron chi connectivity index (χ3n) is 4.06. The van der Waals surface area contributed by atoms with Crippen LogP contribution in [0.4, 0.5) is 5.69 Å². The van der Waals surface area contributed by atoms with Gasteiger partial charge in [0.2, 0.25) is 0 Å². The molecule has 108 valence electrons. The zero-order valence-corrected chi connectivity index (χ0v) is 13.2. The Morgan fingerprint density at radius 2 is 2.00 bits per heavy atom. The molecule has 0 bridgehead atoms. The van der Waals surface area contributed by atoms with Gasteiger partial charge in [-0.3, -0.25) is 4.90 Å². The Labute approximate surface area is 124 Å². The van der Waals surface area contributed by atoms with Crippen molar-refractivity contribution in [3.05, 3.63) is 24.4 Å². The van der Waals surface area contributed by atoms with Gasteiger partial charge in [-0.25, -0.2) is 4.68 Å². The quantitative estimate of drug-likeness (QED) is 0.867. The summed E-state index contributed by atoms with van der Waals surface area (Å²) < 4.78 is 2.11. The molecule has 1 aromatic heterocycles. The van der Waals surface area contributed by atoms with Gasteiger partial charge in [-0.05, 0) is 39.2 Å². The summed E-state index contributed by atoms with van der Waals surface area (Å²) in [6.07, 6.45) is 2.23. The summed E-state index contributed by atoms with van der Waals surface area (Å²) in [5.41, 5.74) is 2.55. The van der Waals surface area contributed by atoms with Crippen LogP contribution in [-0.2, 0) is 0 Å². The van der Waals surface area contributed by atoms with Crippen molar-refractivity contribution in [2.24, 2.45) is 0 Å². The van der Waals surface area contributed by atoms with Crippen LogP contribution in [0.5, 0.6) is 0 Å². The number of thioether (sulfide) groups is 1. The van der Waals surface area contributed by atoms with Crippen molar-refractivity contribution < 1.29 is 0 Å². The molecule has 0 amide bonds. The number of aromatic nitrogens is 2. The van der Waals surface area contributed by atoms with E-state index in [4.69, 9.17) is 0 Å². The normalized spacial score (nSPS) is 17.9. The van der Waals surface area contributed by atoms with Gasteiger partial charge in [0.1, 0.15) is 6.17 Å². The second kappa shape index (κ2) is 5.66. The maximum absolute atomic E-state index is 4.56. The average Bonchev–Trinajstić information content (AvgIpc) is 2.90. The van der Waals surface area contributed by atoms with E-state index in [-0.39, 0.29) is 6.17 Å². The van der Waals surface area contributed by atoms with Crippen molar-refractivity contribution in [3.63, 3.8) is 0 Å². The highest BCUT2D eigenvalue weighted by Gasteiger charge is 2.15. The summed E-state index contributed by atoms with van der Waals surface area (Å²) in [7, 11) is 4.17. The molecule has 0 radical (unpaired) electrons. The highest BCUT2D eigenvalue weighted by Crippen LogP contribution is 2.26. The van der Waals surface area contributed by atoms with Crippen molar-refractivity contribution in [2.75, 3.05) is 43.6 Å². The number of hydrogen-bond acceptors (Lipinski definition) is 4. The number of hydrogen-bond donors (Lipinski definition) is 0. The van der Waals surface area contributed by atoms with E-state index in [1.165, 1.54) is 28.1 Å². The van der Waals surface area contributed by atoms with E-state index >= 15 is 0 Å². The molecule has 20 heavy (non-hydrogen) atoms. The van der Waals surface area contributed by atoms with Gasteiger partial charge in [-0.15, -0.1) is 0 Å². The molecule has 5 heteroatoms. The second-order valence-electron chi connectivity index (χ2n) is 5.53. The topological polar surface area (TPSA) is 24.3 Å². The Morgan fingerprint density at radius 1 is 1.25 bits per heavy atom.